The zero-order chi connectivity index (χ0) is 17.2. The van der Waals surface area contributed by atoms with Gasteiger partial charge in [-0.15, -0.1) is 0 Å². The van der Waals surface area contributed by atoms with Crippen LogP contribution in [0.5, 0.6) is 11.5 Å². The molecule has 126 valence electrons. The summed E-state index contributed by atoms with van der Waals surface area (Å²) < 4.78 is 42.8. The summed E-state index contributed by atoms with van der Waals surface area (Å²) in [6, 6.07) is 10.4. The van der Waals surface area contributed by atoms with Crippen LogP contribution in [0, 0.1) is 0 Å². The van der Waals surface area contributed by atoms with Crippen LogP contribution >= 0.6 is 0 Å². The molecule has 0 amide bonds. The fourth-order valence-corrected chi connectivity index (χ4v) is 3.30. The Morgan fingerprint density at radius 2 is 1.83 bits per heavy atom. The van der Waals surface area contributed by atoms with Crippen molar-refractivity contribution in [2.75, 3.05) is 25.0 Å². The maximum absolute atomic E-state index is 12.5. The van der Waals surface area contributed by atoms with E-state index in [0.717, 1.165) is 0 Å². The molecular weight excluding hydrogens is 334 g/mol. The normalized spacial score (nSPS) is 13.2. The van der Waals surface area contributed by atoms with E-state index in [9.17, 15) is 13.2 Å². The van der Waals surface area contributed by atoms with Crippen LogP contribution in [0.25, 0.3) is 0 Å². The first kappa shape index (κ1) is 16.1. The number of sulfonamides is 1. The van der Waals surface area contributed by atoms with Crippen LogP contribution in [-0.4, -0.2) is 34.7 Å². The molecule has 0 spiro atoms. The van der Waals surface area contributed by atoms with Gasteiger partial charge in [-0.2, -0.15) is 0 Å². The Hall–Kier alpha value is -2.74. The van der Waals surface area contributed by atoms with Crippen molar-refractivity contribution < 1.29 is 27.4 Å². The van der Waals surface area contributed by atoms with Crippen LogP contribution in [0.4, 0.5) is 5.69 Å². The Bertz CT molecular complexity index is 878. The maximum atomic E-state index is 12.5. The molecule has 0 fully saturated rings. The van der Waals surface area contributed by atoms with E-state index in [0.29, 0.717) is 24.7 Å². The van der Waals surface area contributed by atoms with Crippen LogP contribution in [0.15, 0.2) is 47.4 Å². The van der Waals surface area contributed by atoms with Crippen LogP contribution < -0.4 is 14.2 Å². The summed E-state index contributed by atoms with van der Waals surface area (Å²) in [4.78, 5) is 11.6. The lowest BCUT2D eigenvalue weighted by molar-refractivity contribution is 0.0601. The highest BCUT2D eigenvalue weighted by Crippen LogP contribution is 2.32. The summed E-state index contributed by atoms with van der Waals surface area (Å²) in [5, 5.41) is 0. The number of esters is 1. The zero-order valence-corrected chi connectivity index (χ0v) is 13.6. The minimum absolute atomic E-state index is 0.0372. The third-order valence-electron chi connectivity index (χ3n) is 3.36. The molecule has 0 aromatic heterocycles. The molecule has 3 rings (SSSR count). The first-order valence-corrected chi connectivity index (χ1v) is 8.59. The first-order valence-electron chi connectivity index (χ1n) is 7.10. The van der Waals surface area contributed by atoms with Crippen molar-refractivity contribution >= 4 is 21.7 Å². The number of ether oxygens (including phenoxy) is 3. The molecule has 0 unspecified atom stereocenters. The summed E-state index contributed by atoms with van der Waals surface area (Å²) in [6.45, 7) is 0.794. The number of carbonyl (C=O) groups is 1. The minimum atomic E-state index is -3.83. The van der Waals surface area contributed by atoms with Crippen molar-refractivity contribution in [3.8, 4) is 11.5 Å². The predicted octanol–water partition coefficient (Wildman–Crippen LogP) is 2.05. The molecule has 1 aliphatic rings. The Labute approximate surface area is 139 Å². The SMILES string of the molecule is COC(=O)c1cccc(NS(=O)(=O)c2ccc3c(c2)OCCO3)c1. The molecule has 8 heteroatoms. The Balaban J connectivity index is 1.88. The number of rotatable bonds is 4. The van der Waals surface area contributed by atoms with Gasteiger partial charge in [-0.25, -0.2) is 13.2 Å². The number of fused-ring (bicyclic) bond motifs is 1. The van der Waals surface area contributed by atoms with Gasteiger partial charge < -0.3 is 14.2 Å². The van der Waals surface area contributed by atoms with Crippen molar-refractivity contribution in [2.45, 2.75) is 4.90 Å². The predicted molar refractivity (Wildman–Crippen MR) is 86.0 cm³/mol. The molecule has 0 saturated heterocycles. The van der Waals surface area contributed by atoms with E-state index >= 15 is 0 Å². The van der Waals surface area contributed by atoms with Crippen LogP contribution in [0.2, 0.25) is 0 Å². The van der Waals surface area contributed by atoms with Crippen LogP contribution in [0.3, 0.4) is 0 Å². The summed E-state index contributed by atoms with van der Waals surface area (Å²) >= 11 is 0. The molecule has 2 aromatic carbocycles. The van der Waals surface area contributed by atoms with Gasteiger partial charge in [0, 0.05) is 11.8 Å². The first-order chi connectivity index (χ1) is 11.5. The van der Waals surface area contributed by atoms with E-state index in [1.54, 1.807) is 18.2 Å². The summed E-state index contributed by atoms with van der Waals surface area (Å²) in [7, 11) is -2.58. The molecule has 0 radical (unpaired) electrons. The molecule has 0 aliphatic carbocycles. The number of carbonyl (C=O) groups excluding carboxylic acids is 1. The third-order valence-corrected chi connectivity index (χ3v) is 4.74. The van der Waals surface area contributed by atoms with E-state index in [-0.39, 0.29) is 16.1 Å². The van der Waals surface area contributed by atoms with Gasteiger partial charge in [-0.05, 0) is 30.3 Å². The number of methoxy groups -OCH3 is 1. The summed E-state index contributed by atoms with van der Waals surface area (Å²) in [5.74, 6) is 0.343. The molecule has 1 aliphatic heterocycles. The van der Waals surface area contributed by atoms with Gasteiger partial charge in [0.05, 0.1) is 17.6 Å². The topological polar surface area (TPSA) is 90.9 Å². The molecular formula is C16H15NO6S. The Morgan fingerprint density at radius 1 is 1.08 bits per heavy atom. The van der Waals surface area contributed by atoms with Crippen molar-refractivity contribution in [3.05, 3.63) is 48.0 Å². The molecule has 24 heavy (non-hydrogen) atoms. The molecule has 7 nitrogen and oxygen atoms in total. The highest BCUT2D eigenvalue weighted by molar-refractivity contribution is 7.92. The number of hydrogen-bond acceptors (Lipinski definition) is 6. The van der Waals surface area contributed by atoms with Gasteiger partial charge in [0.25, 0.3) is 10.0 Å². The lowest BCUT2D eigenvalue weighted by atomic mass is 10.2. The zero-order valence-electron chi connectivity index (χ0n) is 12.8. The minimum Gasteiger partial charge on any atom is -0.486 e. The standard InChI is InChI=1S/C16H15NO6S/c1-21-16(18)11-3-2-4-12(9-11)17-24(19,20)13-5-6-14-15(10-13)23-8-7-22-14/h2-6,9-10,17H,7-8H2,1H3. The van der Waals surface area contributed by atoms with E-state index < -0.39 is 16.0 Å². The van der Waals surface area contributed by atoms with Crippen molar-refractivity contribution in [3.63, 3.8) is 0 Å². The Kier molecular flexibility index (Phi) is 4.30. The largest absolute Gasteiger partial charge is 0.486 e. The van der Waals surface area contributed by atoms with Gasteiger partial charge in [-0.1, -0.05) is 6.07 Å². The van der Waals surface area contributed by atoms with Gasteiger partial charge in [0.1, 0.15) is 13.2 Å². The number of benzene rings is 2. The maximum Gasteiger partial charge on any atom is 0.337 e. The highest BCUT2D eigenvalue weighted by atomic mass is 32.2. The van der Waals surface area contributed by atoms with Gasteiger partial charge in [0.2, 0.25) is 0 Å². The number of anilines is 1. The molecule has 1 heterocycles. The second-order valence-electron chi connectivity index (χ2n) is 4.98. The smallest absolute Gasteiger partial charge is 0.337 e. The van der Waals surface area contributed by atoms with E-state index in [4.69, 9.17) is 9.47 Å². The fourth-order valence-electron chi connectivity index (χ4n) is 2.23. The summed E-state index contributed by atoms with van der Waals surface area (Å²) in [6.07, 6.45) is 0. The molecule has 1 N–H and O–H groups in total. The Morgan fingerprint density at radius 3 is 2.58 bits per heavy atom. The van der Waals surface area contributed by atoms with Crippen molar-refractivity contribution in [1.29, 1.82) is 0 Å². The average molecular weight is 349 g/mol. The van der Waals surface area contributed by atoms with E-state index in [1.165, 1.54) is 31.4 Å². The third kappa shape index (κ3) is 3.28. The van der Waals surface area contributed by atoms with Crippen LogP contribution in [0.1, 0.15) is 10.4 Å². The summed E-state index contributed by atoms with van der Waals surface area (Å²) in [5.41, 5.74) is 0.507. The molecule has 0 atom stereocenters. The van der Waals surface area contributed by atoms with Gasteiger partial charge in [0.15, 0.2) is 11.5 Å². The second-order valence-corrected chi connectivity index (χ2v) is 6.67. The second kappa shape index (κ2) is 6.40. The number of hydrogen-bond donors (Lipinski definition) is 1. The monoisotopic (exact) mass is 349 g/mol. The fraction of sp³-hybridized carbons (Fsp3) is 0.188. The van der Waals surface area contributed by atoms with E-state index in [2.05, 4.69) is 9.46 Å². The number of nitrogens with one attached hydrogen (secondary N) is 1. The lowest BCUT2D eigenvalue weighted by Crippen LogP contribution is -2.17. The molecule has 0 bridgehead atoms. The lowest BCUT2D eigenvalue weighted by Gasteiger charge is -2.19. The van der Waals surface area contributed by atoms with Crippen molar-refractivity contribution in [1.82, 2.24) is 0 Å². The van der Waals surface area contributed by atoms with Crippen LogP contribution in [-0.2, 0) is 14.8 Å². The van der Waals surface area contributed by atoms with E-state index in [1.807, 2.05) is 0 Å². The van der Waals surface area contributed by atoms with Crippen molar-refractivity contribution in [2.24, 2.45) is 0 Å². The van der Waals surface area contributed by atoms with Gasteiger partial charge in [-0.3, -0.25) is 4.72 Å². The van der Waals surface area contributed by atoms with Gasteiger partial charge >= 0.3 is 5.97 Å². The highest BCUT2D eigenvalue weighted by Gasteiger charge is 2.20. The average Bonchev–Trinajstić information content (AvgIpc) is 2.60. The molecule has 2 aromatic rings. The molecule has 0 saturated carbocycles. The quantitative estimate of drug-likeness (QED) is 0.850.